The van der Waals surface area contributed by atoms with Gasteiger partial charge in [-0.25, -0.2) is 12.8 Å². The molecule has 0 aromatic heterocycles. The van der Waals surface area contributed by atoms with Crippen LogP contribution in [0.2, 0.25) is 5.02 Å². The second kappa shape index (κ2) is 5.66. The summed E-state index contributed by atoms with van der Waals surface area (Å²) in [5.41, 5.74) is -0.824. The minimum Gasteiger partial charge on any atom is -0.273 e. The van der Waals surface area contributed by atoms with Gasteiger partial charge in [-0.05, 0) is 24.3 Å². The van der Waals surface area contributed by atoms with Gasteiger partial charge in [0.1, 0.15) is 16.4 Å². The van der Waals surface area contributed by atoms with Crippen molar-refractivity contribution in [3.05, 3.63) is 63.4 Å². The lowest BCUT2D eigenvalue weighted by Gasteiger charge is -2.09. The van der Waals surface area contributed by atoms with Gasteiger partial charge in [-0.3, -0.25) is 14.8 Å². The van der Waals surface area contributed by atoms with Gasteiger partial charge in [0.05, 0.1) is 4.92 Å². The van der Waals surface area contributed by atoms with Crippen LogP contribution < -0.4 is 4.72 Å². The number of nitrogens with zero attached hydrogens (tertiary/aromatic N) is 1. The van der Waals surface area contributed by atoms with Gasteiger partial charge in [0.25, 0.3) is 15.7 Å². The Morgan fingerprint density at radius 1 is 1.19 bits per heavy atom. The second-order valence-corrected chi connectivity index (χ2v) is 6.04. The van der Waals surface area contributed by atoms with Gasteiger partial charge in [-0.15, -0.1) is 0 Å². The molecule has 0 saturated carbocycles. The summed E-state index contributed by atoms with van der Waals surface area (Å²) in [5.74, 6) is -0.957. The molecule has 0 aliphatic heterocycles. The number of anilines is 1. The van der Waals surface area contributed by atoms with Crippen LogP contribution in [0.3, 0.4) is 0 Å². The van der Waals surface area contributed by atoms with Gasteiger partial charge in [-0.2, -0.15) is 0 Å². The molecular formula is C12H8ClFN2O4S. The zero-order valence-corrected chi connectivity index (χ0v) is 11.9. The van der Waals surface area contributed by atoms with E-state index in [1.807, 2.05) is 4.72 Å². The molecule has 0 amide bonds. The molecule has 0 atom stereocenters. The van der Waals surface area contributed by atoms with E-state index in [0.717, 1.165) is 24.3 Å². The van der Waals surface area contributed by atoms with Crippen LogP contribution >= 0.6 is 11.6 Å². The highest BCUT2D eigenvalue weighted by atomic mass is 35.5. The normalized spacial score (nSPS) is 11.1. The third kappa shape index (κ3) is 3.29. The molecule has 0 heterocycles. The predicted octanol–water partition coefficient (Wildman–Crippen LogP) is 3.19. The summed E-state index contributed by atoms with van der Waals surface area (Å²) in [7, 11) is -4.29. The van der Waals surface area contributed by atoms with Crippen LogP contribution in [0.1, 0.15) is 0 Å². The molecule has 2 aromatic rings. The second-order valence-electron chi connectivity index (χ2n) is 3.95. The van der Waals surface area contributed by atoms with E-state index in [9.17, 15) is 22.9 Å². The first kappa shape index (κ1) is 15.2. The summed E-state index contributed by atoms with van der Waals surface area (Å²) in [4.78, 5) is 9.51. The number of hydrogen-bond acceptors (Lipinski definition) is 4. The molecule has 2 aromatic carbocycles. The fourth-order valence-corrected chi connectivity index (χ4v) is 2.93. The van der Waals surface area contributed by atoms with Crippen molar-refractivity contribution in [3.8, 4) is 0 Å². The number of benzene rings is 2. The molecule has 9 heteroatoms. The van der Waals surface area contributed by atoms with Crippen LogP contribution in [0, 0.1) is 15.9 Å². The Hall–Kier alpha value is -2.19. The Kier molecular flexibility index (Phi) is 4.10. The quantitative estimate of drug-likeness (QED) is 0.688. The van der Waals surface area contributed by atoms with Crippen molar-refractivity contribution in [2.45, 2.75) is 4.90 Å². The highest BCUT2D eigenvalue weighted by molar-refractivity contribution is 7.92. The fraction of sp³-hybridized carbons (Fsp3) is 0. The summed E-state index contributed by atoms with van der Waals surface area (Å²) >= 11 is 5.63. The van der Waals surface area contributed by atoms with E-state index < -0.39 is 31.3 Å². The molecule has 0 unspecified atom stereocenters. The first-order valence-electron chi connectivity index (χ1n) is 5.52. The van der Waals surface area contributed by atoms with Gasteiger partial charge >= 0.3 is 0 Å². The number of nitro benzene ring substituents is 1. The van der Waals surface area contributed by atoms with Crippen molar-refractivity contribution in [1.82, 2.24) is 0 Å². The van der Waals surface area contributed by atoms with Crippen molar-refractivity contribution in [2.75, 3.05) is 4.72 Å². The predicted molar refractivity (Wildman–Crippen MR) is 75.3 cm³/mol. The van der Waals surface area contributed by atoms with Crippen molar-refractivity contribution >= 4 is 33.0 Å². The van der Waals surface area contributed by atoms with Gasteiger partial charge in [0.15, 0.2) is 0 Å². The molecule has 1 N–H and O–H groups in total. The smallest absolute Gasteiger partial charge is 0.273 e. The van der Waals surface area contributed by atoms with Gasteiger partial charge in [0.2, 0.25) is 0 Å². The Balaban J connectivity index is 2.47. The number of halogens is 2. The summed E-state index contributed by atoms with van der Waals surface area (Å²) in [6, 6.07) is 8.13. The van der Waals surface area contributed by atoms with Crippen LogP contribution in [0.25, 0.3) is 0 Å². The van der Waals surface area contributed by atoms with Crippen LogP contribution in [-0.4, -0.2) is 13.3 Å². The zero-order chi connectivity index (χ0) is 15.6. The third-order valence-electron chi connectivity index (χ3n) is 2.53. The highest BCUT2D eigenvalue weighted by Gasteiger charge is 2.23. The Labute approximate surface area is 124 Å². The molecule has 6 nitrogen and oxygen atoms in total. The van der Waals surface area contributed by atoms with E-state index >= 15 is 0 Å². The van der Waals surface area contributed by atoms with Gasteiger partial charge in [-0.1, -0.05) is 23.7 Å². The molecule has 0 aliphatic carbocycles. The minimum atomic E-state index is -4.29. The SMILES string of the molecule is O=[N+]([O-])c1cc(Cl)ccc1NS(=O)(=O)c1ccccc1F. The number of rotatable bonds is 4. The van der Waals surface area contributed by atoms with Crippen LogP contribution in [0.15, 0.2) is 47.4 Å². The summed E-state index contributed by atoms with van der Waals surface area (Å²) in [5, 5.41) is 11.0. The topological polar surface area (TPSA) is 89.3 Å². The van der Waals surface area contributed by atoms with Crippen molar-refractivity contribution in [3.63, 3.8) is 0 Å². The summed E-state index contributed by atoms with van der Waals surface area (Å²) in [6.07, 6.45) is 0. The van der Waals surface area contributed by atoms with Gasteiger partial charge < -0.3 is 0 Å². The van der Waals surface area contributed by atoms with E-state index in [-0.39, 0.29) is 10.7 Å². The maximum atomic E-state index is 13.5. The van der Waals surface area contributed by atoms with Crippen molar-refractivity contribution in [2.24, 2.45) is 0 Å². The molecule has 0 aliphatic rings. The summed E-state index contributed by atoms with van der Waals surface area (Å²) < 4.78 is 39.7. The number of sulfonamides is 1. The lowest BCUT2D eigenvalue weighted by atomic mass is 10.3. The van der Waals surface area contributed by atoms with E-state index in [1.165, 1.54) is 18.2 Å². The maximum Gasteiger partial charge on any atom is 0.294 e. The van der Waals surface area contributed by atoms with E-state index in [2.05, 4.69) is 0 Å². The van der Waals surface area contributed by atoms with Gasteiger partial charge in [0, 0.05) is 11.1 Å². The maximum absolute atomic E-state index is 13.5. The molecule has 0 saturated heterocycles. The van der Waals surface area contributed by atoms with E-state index in [4.69, 9.17) is 11.6 Å². The Morgan fingerprint density at radius 3 is 2.48 bits per heavy atom. The average molecular weight is 331 g/mol. The number of nitrogens with one attached hydrogen (secondary N) is 1. The zero-order valence-electron chi connectivity index (χ0n) is 10.3. The third-order valence-corrected chi connectivity index (χ3v) is 4.16. The number of nitro groups is 1. The molecule has 0 spiro atoms. The molecule has 110 valence electrons. The van der Waals surface area contributed by atoms with E-state index in [1.54, 1.807) is 0 Å². The number of hydrogen-bond donors (Lipinski definition) is 1. The molecule has 2 rings (SSSR count). The first-order chi connectivity index (χ1) is 9.81. The highest BCUT2D eigenvalue weighted by Crippen LogP contribution is 2.30. The van der Waals surface area contributed by atoms with Crippen LogP contribution in [0.4, 0.5) is 15.8 Å². The molecule has 21 heavy (non-hydrogen) atoms. The monoisotopic (exact) mass is 330 g/mol. The molecular weight excluding hydrogens is 323 g/mol. The van der Waals surface area contributed by atoms with Crippen LogP contribution in [-0.2, 0) is 10.0 Å². The lowest BCUT2D eigenvalue weighted by molar-refractivity contribution is -0.383. The van der Waals surface area contributed by atoms with Crippen molar-refractivity contribution in [1.29, 1.82) is 0 Å². The standard InChI is InChI=1S/C12H8ClFN2O4S/c13-8-5-6-10(11(7-8)16(17)18)15-21(19,20)12-4-2-1-3-9(12)14/h1-7,15H. The molecule has 0 fully saturated rings. The van der Waals surface area contributed by atoms with Crippen molar-refractivity contribution < 1.29 is 17.7 Å². The molecule has 0 bridgehead atoms. The summed E-state index contributed by atoms with van der Waals surface area (Å²) in [6.45, 7) is 0. The molecule has 0 radical (unpaired) electrons. The first-order valence-corrected chi connectivity index (χ1v) is 7.38. The average Bonchev–Trinajstić information content (AvgIpc) is 2.40. The largest absolute Gasteiger partial charge is 0.294 e. The lowest BCUT2D eigenvalue weighted by Crippen LogP contribution is -2.15. The van der Waals surface area contributed by atoms with Crippen LogP contribution in [0.5, 0.6) is 0 Å². The Morgan fingerprint density at radius 2 is 1.86 bits per heavy atom. The van der Waals surface area contributed by atoms with E-state index in [0.29, 0.717) is 0 Å². The Bertz CT molecular complexity index is 811. The minimum absolute atomic E-state index is 0.0792. The fourth-order valence-electron chi connectivity index (χ4n) is 1.60.